The van der Waals surface area contributed by atoms with Gasteiger partial charge >= 0.3 is 0 Å². The van der Waals surface area contributed by atoms with Gasteiger partial charge in [0.15, 0.2) is 0 Å². The van der Waals surface area contributed by atoms with Crippen molar-refractivity contribution in [3.63, 3.8) is 0 Å². The van der Waals surface area contributed by atoms with Gasteiger partial charge in [-0.3, -0.25) is 4.90 Å². The molecule has 1 aliphatic heterocycles. The van der Waals surface area contributed by atoms with E-state index >= 15 is 0 Å². The zero-order chi connectivity index (χ0) is 12.9. The number of hydrogen-bond donors (Lipinski definition) is 1. The third-order valence-electron chi connectivity index (χ3n) is 4.06. The van der Waals surface area contributed by atoms with Gasteiger partial charge in [-0.05, 0) is 32.1 Å². The Balaban J connectivity index is 2.57. The van der Waals surface area contributed by atoms with Gasteiger partial charge in [0, 0.05) is 25.2 Å². The molecule has 0 saturated carbocycles. The molecule has 0 aliphatic carbocycles. The first-order chi connectivity index (χ1) is 8.01. The number of morpholine rings is 1. The van der Waals surface area contributed by atoms with Crippen molar-refractivity contribution in [2.24, 2.45) is 11.7 Å². The molecule has 1 heterocycles. The second-order valence-electron chi connectivity index (χ2n) is 5.98. The van der Waals surface area contributed by atoms with E-state index in [4.69, 9.17) is 10.5 Å². The normalized spacial score (nSPS) is 26.1. The average Bonchev–Trinajstić information content (AvgIpc) is 2.36. The maximum atomic E-state index is 6.03. The van der Waals surface area contributed by atoms with Crippen molar-refractivity contribution in [2.75, 3.05) is 26.2 Å². The van der Waals surface area contributed by atoms with E-state index in [1.807, 2.05) is 0 Å². The second-order valence-corrected chi connectivity index (χ2v) is 5.98. The number of nitrogens with zero attached hydrogens (tertiary/aromatic N) is 1. The van der Waals surface area contributed by atoms with Crippen molar-refractivity contribution in [2.45, 2.75) is 58.6 Å². The van der Waals surface area contributed by atoms with Gasteiger partial charge in [0.1, 0.15) is 0 Å². The average molecular weight is 242 g/mol. The zero-order valence-corrected chi connectivity index (χ0v) is 12.0. The molecule has 17 heavy (non-hydrogen) atoms. The summed E-state index contributed by atoms with van der Waals surface area (Å²) in [6, 6.07) is 0. The van der Waals surface area contributed by atoms with Gasteiger partial charge in [-0.15, -0.1) is 0 Å². The molecule has 2 unspecified atom stereocenters. The second kappa shape index (κ2) is 6.72. The lowest BCUT2D eigenvalue weighted by atomic mass is 9.89. The van der Waals surface area contributed by atoms with Crippen LogP contribution in [0.15, 0.2) is 0 Å². The van der Waals surface area contributed by atoms with Gasteiger partial charge in [-0.2, -0.15) is 0 Å². The van der Waals surface area contributed by atoms with Crippen LogP contribution < -0.4 is 5.73 Å². The molecule has 3 nitrogen and oxygen atoms in total. The summed E-state index contributed by atoms with van der Waals surface area (Å²) in [5, 5.41) is 0. The third-order valence-corrected chi connectivity index (χ3v) is 4.06. The van der Waals surface area contributed by atoms with Crippen molar-refractivity contribution in [1.29, 1.82) is 0 Å². The van der Waals surface area contributed by atoms with E-state index < -0.39 is 0 Å². The molecule has 0 bridgehead atoms. The fourth-order valence-electron chi connectivity index (χ4n) is 2.45. The maximum Gasteiger partial charge on any atom is 0.0700 e. The highest BCUT2D eigenvalue weighted by Gasteiger charge is 2.33. The molecule has 102 valence electrons. The van der Waals surface area contributed by atoms with Gasteiger partial charge in [0.2, 0.25) is 0 Å². The zero-order valence-electron chi connectivity index (χ0n) is 12.0. The minimum absolute atomic E-state index is 0.154. The number of rotatable bonds is 6. The molecule has 0 aromatic carbocycles. The van der Waals surface area contributed by atoms with E-state index in [0.29, 0.717) is 6.10 Å². The first-order valence-electron chi connectivity index (χ1n) is 7.08. The maximum absolute atomic E-state index is 6.03. The first-order valence-corrected chi connectivity index (χ1v) is 7.08. The standard InChI is InChI=1S/C14H30N2O/c1-5-13-10-16(8-9-17-13)14(4,11-15)7-6-12(2)3/h12-13H,5-11,15H2,1-4H3. The third kappa shape index (κ3) is 4.23. The first kappa shape index (κ1) is 14.9. The van der Waals surface area contributed by atoms with Crippen molar-refractivity contribution in [1.82, 2.24) is 4.90 Å². The van der Waals surface area contributed by atoms with Crippen LogP contribution in [0, 0.1) is 5.92 Å². The van der Waals surface area contributed by atoms with Gasteiger partial charge in [-0.25, -0.2) is 0 Å². The Hall–Kier alpha value is -0.120. The summed E-state index contributed by atoms with van der Waals surface area (Å²) in [6.45, 7) is 12.8. The minimum Gasteiger partial charge on any atom is -0.376 e. The van der Waals surface area contributed by atoms with Crippen molar-refractivity contribution in [3.8, 4) is 0 Å². The van der Waals surface area contributed by atoms with E-state index in [1.54, 1.807) is 0 Å². The van der Waals surface area contributed by atoms with Gasteiger partial charge in [-0.1, -0.05) is 20.8 Å². The van der Waals surface area contributed by atoms with Gasteiger partial charge in [0.05, 0.1) is 12.7 Å². The molecule has 0 amide bonds. The Labute approximate surface area is 107 Å². The molecule has 2 atom stereocenters. The molecule has 0 radical (unpaired) electrons. The monoisotopic (exact) mass is 242 g/mol. The molecule has 1 fully saturated rings. The van der Waals surface area contributed by atoms with Crippen LogP contribution in [0.5, 0.6) is 0 Å². The highest BCUT2D eigenvalue weighted by Crippen LogP contribution is 2.25. The van der Waals surface area contributed by atoms with E-state index in [-0.39, 0.29) is 5.54 Å². The largest absolute Gasteiger partial charge is 0.376 e. The predicted octanol–water partition coefficient (Wildman–Crippen LogP) is 2.25. The molecular formula is C14H30N2O. The molecule has 0 aromatic heterocycles. The highest BCUT2D eigenvalue weighted by atomic mass is 16.5. The lowest BCUT2D eigenvalue weighted by Crippen LogP contribution is -2.57. The van der Waals surface area contributed by atoms with Crippen molar-refractivity contribution >= 4 is 0 Å². The lowest BCUT2D eigenvalue weighted by molar-refractivity contribution is -0.0676. The van der Waals surface area contributed by atoms with Crippen LogP contribution in [0.4, 0.5) is 0 Å². The number of nitrogens with two attached hydrogens (primary N) is 1. The van der Waals surface area contributed by atoms with Crippen LogP contribution in [0.3, 0.4) is 0 Å². The summed E-state index contributed by atoms with van der Waals surface area (Å²) in [5.74, 6) is 0.754. The van der Waals surface area contributed by atoms with E-state index in [9.17, 15) is 0 Å². The minimum atomic E-state index is 0.154. The summed E-state index contributed by atoms with van der Waals surface area (Å²) in [6.07, 6.45) is 3.94. The molecular weight excluding hydrogens is 212 g/mol. The lowest BCUT2D eigenvalue weighted by Gasteiger charge is -2.45. The molecule has 1 aliphatic rings. The van der Waals surface area contributed by atoms with Crippen LogP contribution in [-0.4, -0.2) is 42.8 Å². The number of ether oxygens (including phenoxy) is 1. The number of hydrogen-bond acceptors (Lipinski definition) is 3. The smallest absolute Gasteiger partial charge is 0.0700 e. The van der Waals surface area contributed by atoms with Crippen LogP contribution in [0.1, 0.15) is 47.0 Å². The van der Waals surface area contributed by atoms with Crippen molar-refractivity contribution < 1.29 is 4.74 Å². The Bertz CT molecular complexity index is 220. The van der Waals surface area contributed by atoms with Crippen LogP contribution >= 0.6 is 0 Å². The fourth-order valence-corrected chi connectivity index (χ4v) is 2.45. The molecule has 3 heteroatoms. The predicted molar refractivity (Wildman–Crippen MR) is 73.1 cm³/mol. The summed E-state index contributed by atoms with van der Waals surface area (Å²) in [7, 11) is 0. The fraction of sp³-hybridized carbons (Fsp3) is 1.00. The molecule has 0 spiro atoms. The van der Waals surface area contributed by atoms with Gasteiger partial charge < -0.3 is 10.5 Å². The Morgan fingerprint density at radius 3 is 2.71 bits per heavy atom. The summed E-state index contributed by atoms with van der Waals surface area (Å²) < 4.78 is 5.74. The highest BCUT2D eigenvalue weighted by molar-refractivity contribution is 4.90. The SMILES string of the molecule is CCC1CN(C(C)(CN)CCC(C)C)CCO1. The Morgan fingerprint density at radius 2 is 2.18 bits per heavy atom. The van der Waals surface area contributed by atoms with E-state index in [0.717, 1.165) is 38.6 Å². The summed E-state index contributed by atoms with van der Waals surface area (Å²) in [4.78, 5) is 2.55. The molecule has 0 aromatic rings. The molecule has 1 rings (SSSR count). The van der Waals surface area contributed by atoms with Crippen LogP contribution in [0.25, 0.3) is 0 Å². The Morgan fingerprint density at radius 1 is 1.47 bits per heavy atom. The van der Waals surface area contributed by atoms with Gasteiger partial charge in [0.25, 0.3) is 0 Å². The van der Waals surface area contributed by atoms with Crippen LogP contribution in [-0.2, 0) is 4.74 Å². The van der Waals surface area contributed by atoms with E-state index in [2.05, 4.69) is 32.6 Å². The molecule has 2 N–H and O–H groups in total. The summed E-state index contributed by atoms with van der Waals surface area (Å²) >= 11 is 0. The van der Waals surface area contributed by atoms with Crippen molar-refractivity contribution in [3.05, 3.63) is 0 Å². The quantitative estimate of drug-likeness (QED) is 0.776. The topological polar surface area (TPSA) is 38.5 Å². The molecule has 1 saturated heterocycles. The Kier molecular flexibility index (Phi) is 5.90. The van der Waals surface area contributed by atoms with Crippen LogP contribution in [0.2, 0.25) is 0 Å². The van der Waals surface area contributed by atoms with E-state index in [1.165, 1.54) is 12.8 Å². The summed E-state index contributed by atoms with van der Waals surface area (Å²) in [5.41, 5.74) is 6.18.